The van der Waals surface area contributed by atoms with Crippen molar-refractivity contribution in [3.8, 4) is 0 Å². The topological polar surface area (TPSA) is 72.9 Å². The van der Waals surface area contributed by atoms with Crippen molar-refractivity contribution in [1.82, 2.24) is 0 Å². The standard InChI is InChI=1S/C14H14N4O2.2BrH/c19-15-11-13-1-5-17(6-2-13)9-10-18-7-3-14(4-8-18)12-16-20;;/h1-8,11-12H,9-10H2;2*1H. The molecule has 0 aliphatic carbocycles. The summed E-state index contributed by atoms with van der Waals surface area (Å²) in [7, 11) is 0. The van der Waals surface area contributed by atoms with Crippen LogP contribution in [0, 0.1) is 0 Å². The largest absolute Gasteiger partial charge is 1.00 e. The third kappa shape index (κ3) is 6.31. The first-order valence-corrected chi connectivity index (χ1v) is 6.15. The molecule has 22 heavy (non-hydrogen) atoms. The highest BCUT2D eigenvalue weighted by atomic mass is 79.9. The summed E-state index contributed by atoms with van der Waals surface area (Å²) in [6, 6.07) is 7.52. The summed E-state index contributed by atoms with van der Waals surface area (Å²) in [6.07, 6.45) is 10.5. The fraction of sp³-hybridized carbons (Fsp3) is 0.143. The van der Waals surface area contributed by atoms with Gasteiger partial charge in [0.2, 0.25) is 13.1 Å². The molecule has 8 heteroatoms. The van der Waals surface area contributed by atoms with Crippen LogP contribution in [0.25, 0.3) is 0 Å². The maximum absolute atomic E-state index is 8.44. The summed E-state index contributed by atoms with van der Waals surface area (Å²) in [4.78, 5) is 0. The van der Waals surface area contributed by atoms with E-state index >= 15 is 0 Å². The van der Waals surface area contributed by atoms with Crippen LogP contribution in [0.5, 0.6) is 0 Å². The van der Waals surface area contributed by atoms with Gasteiger partial charge in [-0.25, -0.2) is 0 Å². The Balaban J connectivity index is 0.00000220. The van der Waals surface area contributed by atoms with E-state index in [1.807, 2.05) is 58.2 Å². The number of pyridine rings is 2. The van der Waals surface area contributed by atoms with E-state index in [2.05, 4.69) is 10.3 Å². The Hall–Kier alpha value is -1.80. The van der Waals surface area contributed by atoms with Crippen molar-refractivity contribution in [3.63, 3.8) is 0 Å². The van der Waals surface area contributed by atoms with Crippen LogP contribution in [0.15, 0.2) is 59.4 Å². The average Bonchev–Trinajstić information content (AvgIpc) is 2.49. The molecule has 0 fully saturated rings. The summed E-state index contributed by atoms with van der Waals surface area (Å²) < 4.78 is 4.09. The quantitative estimate of drug-likeness (QED) is 0.215. The predicted octanol–water partition coefficient (Wildman–Crippen LogP) is -5.41. The molecule has 2 aromatic heterocycles. The van der Waals surface area contributed by atoms with Crippen LogP contribution in [0.3, 0.4) is 0 Å². The van der Waals surface area contributed by atoms with Gasteiger partial charge >= 0.3 is 0 Å². The van der Waals surface area contributed by atoms with Crippen LogP contribution in [-0.4, -0.2) is 22.8 Å². The van der Waals surface area contributed by atoms with Crippen LogP contribution in [0.1, 0.15) is 11.1 Å². The van der Waals surface area contributed by atoms with E-state index in [-0.39, 0.29) is 34.0 Å². The third-order valence-electron chi connectivity index (χ3n) is 2.86. The molecule has 2 N–H and O–H groups in total. The lowest BCUT2D eigenvalue weighted by atomic mass is 10.3. The van der Waals surface area contributed by atoms with Crippen molar-refractivity contribution in [2.24, 2.45) is 10.3 Å². The van der Waals surface area contributed by atoms with Crippen molar-refractivity contribution >= 4 is 12.4 Å². The van der Waals surface area contributed by atoms with Gasteiger partial charge in [0, 0.05) is 35.4 Å². The van der Waals surface area contributed by atoms with Gasteiger partial charge in [-0.2, -0.15) is 9.13 Å². The van der Waals surface area contributed by atoms with Crippen LogP contribution in [-0.2, 0) is 13.1 Å². The number of nitrogens with zero attached hydrogens (tertiary/aromatic N) is 4. The lowest BCUT2D eigenvalue weighted by molar-refractivity contribution is -0.778. The number of aryl methyl sites for hydroxylation is 2. The molecule has 0 radical (unpaired) electrons. The Labute approximate surface area is 149 Å². The Morgan fingerprint density at radius 1 is 0.727 bits per heavy atom. The SMILES string of the molecule is ON=Cc1cc[n+](CC[n+]2ccc(C=NO)cc2)cc1.[Br-].[Br-]. The first-order chi connectivity index (χ1) is 9.81. The molecule has 6 nitrogen and oxygen atoms in total. The zero-order valence-electron chi connectivity index (χ0n) is 11.6. The maximum atomic E-state index is 8.44. The average molecular weight is 432 g/mol. The molecule has 0 unspecified atom stereocenters. The summed E-state index contributed by atoms with van der Waals surface area (Å²) >= 11 is 0. The summed E-state index contributed by atoms with van der Waals surface area (Å²) in [5.41, 5.74) is 1.70. The minimum Gasteiger partial charge on any atom is -1.00 e. The molecular weight excluding hydrogens is 416 g/mol. The van der Waals surface area contributed by atoms with E-state index in [0.29, 0.717) is 0 Å². The second-order valence-corrected chi connectivity index (χ2v) is 4.23. The van der Waals surface area contributed by atoms with Crippen LogP contribution in [0.2, 0.25) is 0 Å². The van der Waals surface area contributed by atoms with Crippen LogP contribution < -0.4 is 43.1 Å². The summed E-state index contributed by atoms with van der Waals surface area (Å²) in [6.45, 7) is 1.66. The van der Waals surface area contributed by atoms with E-state index < -0.39 is 0 Å². The Bertz CT molecular complexity index is 546. The van der Waals surface area contributed by atoms with Gasteiger partial charge in [0.25, 0.3) is 0 Å². The molecule has 2 aromatic rings. The number of hydrogen-bond acceptors (Lipinski definition) is 4. The second-order valence-electron chi connectivity index (χ2n) is 4.23. The first kappa shape index (κ1) is 20.2. The van der Waals surface area contributed by atoms with Crippen molar-refractivity contribution in [3.05, 3.63) is 60.2 Å². The number of hydrogen-bond donors (Lipinski definition) is 2. The van der Waals surface area contributed by atoms with Gasteiger partial charge < -0.3 is 44.4 Å². The second kappa shape index (κ2) is 10.9. The smallest absolute Gasteiger partial charge is 0.206 e. The van der Waals surface area contributed by atoms with E-state index in [1.54, 1.807) is 0 Å². The van der Waals surface area contributed by atoms with Gasteiger partial charge in [0.1, 0.15) is 0 Å². The minimum atomic E-state index is 0. The van der Waals surface area contributed by atoms with E-state index in [4.69, 9.17) is 10.4 Å². The molecule has 0 spiro atoms. The minimum absolute atomic E-state index is 0. The monoisotopic (exact) mass is 430 g/mol. The molecule has 0 amide bonds. The van der Waals surface area contributed by atoms with E-state index in [0.717, 1.165) is 24.2 Å². The fourth-order valence-corrected chi connectivity index (χ4v) is 1.77. The van der Waals surface area contributed by atoms with Crippen molar-refractivity contribution < 1.29 is 53.5 Å². The Kier molecular flexibility index (Phi) is 9.97. The number of halogens is 2. The molecule has 0 atom stereocenters. The molecule has 2 heterocycles. The van der Waals surface area contributed by atoms with Crippen molar-refractivity contribution in [2.75, 3.05) is 0 Å². The molecule has 2 rings (SSSR count). The highest BCUT2D eigenvalue weighted by Crippen LogP contribution is 1.91. The molecule has 118 valence electrons. The number of oxime groups is 2. The van der Waals surface area contributed by atoms with Gasteiger partial charge in [-0.1, -0.05) is 10.3 Å². The van der Waals surface area contributed by atoms with Gasteiger partial charge in [0.15, 0.2) is 24.8 Å². The van der Waals surface area contributed by atoms with Crippen LogP contribution >= 0.6 is 0 Å². The zero-order valence-corrected chi connectivity index (χ0v) is 14.8. The Morgan fingerprint density at radius 3 is 1.32 bits per heavy atom. The molecule has 0 aromatic carbocycles. The molecule has 0 saturated heterocycles. The number of aromatic nitrogens is 2. The molecule has 0 bridgehead atoms. The Morgan fingerprint density at radius 2 is 1.05 bits per heavy atom. The third-order valence-corrected chi connectivity index (χ3v) is 2.86. The molecule has 0 saturated carbocycles. The van der Waals surface area contributed by atoms with Crippen molar-refractivity contribution in [1.29, 1.82) is 0 Å². The zero-order chi connectivity index (χ0) is 14.2. The normalized spacial score (nSPS) is 10.4. The molecule has 0 aliphatic rings. The number of rotatable bonds is 5. The molecular formula is C14H16Br2N4O2. The highest BCUT2D eigenvalue weighted by molar-refractivity contribution is 5.78. The highest BCUT2D eigenvalue weighted by Gasteiger charge is 2.06. The maximum Gasteiger partial charge on any atom is 0.206 e. The van der Waals surface area contributed by atoms with Crippen molar-refractivity contribution in [2.45, 2.75) is 13.1 Å². The summed E-state index contributed by atoms with van der Waals surface area (Å²) in [5.74, 6) is 0. The van der Waals surface area contributed by atoms with Gasteiger partial charge in [-0.15, -0.1) is 0 Å². The van der Waals surface area contributed by atoms with Gasteiger partial charge in [0.05, 0.1) is 12.4 Å². The van der Waals surface area contributed by atoms with Gasteiger partial charge in [-0.05, 0) is 0 Å². The van der Waals surface area contributed by atoms with Crippen LogP contribution in [0.4, 0.5) is 0 Å². The van der Waals surface area contributed by atoms with Gasteiger partial charge in [-0.3, -0.25) is 0 Å². The lowest BCUT2D eigenvalue weighted by Gasteiger charge is -1.96. The first-order valence-electron chi connectivity index (χ1n) is 6.15. The fourth-order valence-electron chi connectivity index (χ4n) is 1.77. The van der Waals surface area contributed by atoms with E-state index in [1.165, 1.54) is 12.4 Å². The van der Waals surface area contributed by atoms with E-state index in [9.17, 15) is 0 Å². The molecule has 0 aliphatic heterocycles. The lowest BCUT2D eigenvalue weighted by Crippen LogP contribution is -3.00. The summed E-state index contributed by atoms with van der Waals surface area (Å²) in [5, 5.41) is 22.8. The predicted molar refractivity (Wildman–Crippen MR) is 72.0 cm³/mol.